The van der Waals surface area contributed by atoms with Crippen LogP contribution in [-0.2, 0) is 42.3 Å². The first kappa shape index (κ1) is 24.3. The molecule has 0 radical (unpaired) electrons. The van der Waals surface area contributed by atoms with Gasteiger partial charge in [0, 0.05) is 27.3 Å². The van der Waals surface area contributed by atoms with Gasteiger partial charge in [-0.25, -0.2) is 13.2 Å². The second-order valence-electron chi connectivity index (χ2n) is 7.97. The van der Waals surface area contributed by atoms with Crippen LogP contribution in [0.2, 0.25) is 0 Å². The summed E-state index contributed by atoms with van der Waals surface area (Å²) in [5.41, 5.74) is -4.31. The number of rotatable bonds is 4. The van der Waals surface area contributed by atoms with Crippen molar-refractivity contribution in [3.63, 3.8) is 0 Å². The Hall–Kier alpha value is -3.81. The van der Waals surface area contributed by atoms with E-state index in [9.17, 15) is 31.2 Å². The van der Waals surface area contributed by atoms with Crippen LogP contribution in [-0.4, -0.2) is 33.3 Å². The number of hydrogen-bond acceptors (Lipinski definition) is 7. The van der Waals surface area contributed by atoms with Gasteiger partial charge in [-0.3, -0.25) is 13.9 Å². The highest BCUT2D eigenvalue weighted by Gasteiger charge is 2.55. The summed E-state index contributed by atoms with van der Waals surface area (Å²) in [6.45, 7) is 0. The standard InChI is InChI=1S/C21H19F3N6O4S/c1-28-15-16(29(2)19(32)30(3)17(15)31)26-18(28)35(33,34)12-13-6-8-14(9-7-13)20(21(22,23)24)10-4-5-11-25-27-20/h4-11H,12H2,1-3H3. The summed E-state index contributed by atoms with van der Waals surface area (Å²) in [6, 6.07) is 4.78. The number of hydrogen-bond donors (Lipinski definition) is 0. The fourth-order valence-corrected chi connectivity index (χ4v) is 5.32. The highest BCUT2D eigenvalue weighted by molar-refractivity contribution is 7.90. The van der Waals surface area contributed by atoms with E-state index in [-0.39, 0.29) is 22.3 Å². The van der Waals surface area contributed by atoms with Crippen LogP contribution in [0.3, 0.4) is 0 Å². The number of benzene rings is 1. The second kappa shape index (κ2) is 8.15. The monoisotopic (exact) mass is 508 g/mol. The molecule has 0 bridgehead atoms. The average Bonchev–Trinajstić information content (AvgIpc) is 2.96. The fourth-order valence-electron chi connectivity index (χ4n) is 3.83. The van der Waals surface area contributed by atoms with Gasteiger partial charge >= 0.3 is 11.9 Å². The minimum absolute atomic E-state index is 0.0743. The molecule has 4 rings (SSSR count). The summed E-state index contributed by atoms with van der Waals surface area (Å²) in [5, 5.41) is 6.45. The minimum atomic E-state index is -4.79. The highest BCUT2D eigenvalue weighted by Crippen LogP contribution is 2.44. The fraction of sp³-hybridized carbons (Fsp3) is 0.286. The number of alkyl halides is 3. The lowest BCUT2D eigenvalue weighted by molar-refractivity contribution is -0.175. The van der Waals surface area contributed by atoms with E-state index < -0.39 is 43.7 Å². The molecule has 1 aromatic carbocycles. The normalized spacial score (nSPS) is 18.3. The topological polar surface area (TPSA) is 121 Å². The predicted molar refractivity (Wildman–Crippen MR) is 119 cm³/mol. The quantitative estimate of drug-likeness (QED) is 0.535. The first-order chi connectivity index (χ1) is 16.3. The number of sulfone groups is 1. The molecule has 2 aromatic heterocycles. The smallest absolute Gasteiger partial charge is 0.312 e. The zero-order valence-corrected chi connectivity index (χ0v) is 19.5. The molecule has 0 N–H and O–H groups in total. The molecule has 0 saturated heterocycles. The molecule has 0 fully saturated rings. The van der Waals surface area contributed by atoms with Gasteiger partial charge in [0.25, 0.3) is 5.56 Å². The first-order valence-electron chi connectivity index (χ1n) is 10.1. The van der Waals surface area contributed by atoms with Crippen molar-refractivity contribution in [1.29, 1.82) is 0 Å². The number of azo groups is 1. The van der Waals surface area contributed by atoms with E-state index in [1.807, 2.05) is 0 Å². The minimum Gasteiger partial charge on any atom is -0.312 e. The zero-order valence-electron chi connectivity index (χ0n) is 18.7. The van der Waals surface area contributed by atoms with Gasteiger partial charge in [0.15, 0.2) is 11.2 Å². The van der Waals surface area contributed by atoms with Crippen LogP contribution in [0.25, 0.3) is 11.2 Å². The number of fused-ring (bicyclic) bond motifs is 1. The molecule has 3 heterocycles. The third kappa shape index (κ3) is 3.83. The maximum Gasteiger partial charge on any atom is 0.423 e. The molecule has 1 aliphatic rings. The Morgan fingerprint density at radius 3 is 2.26 bits per heavy atom. The SMILES string of the molecule is Cn1c(=O)c2c(nc(S(=O)(=O)Cc3ccc(C4(C(F)(F)F)C=CC=CN=N4)cc3)n2C)n(C)c1=O. The molecule has 0 aliphatic carbocycles. The van der Waals surface area contributed by atoms with Gasteiger partial charge in [-0.2, -0.15) is 28.4 Å². The average molecular weight is 508 g/mol. The summed E-state index contributed by atoms with van der Waals surface area (Å²) >= 11 is 0. The molecule has 10 nitrogen and oxygen atoms in total. The van der Waals surface area contributed by atoms with Crippen molar-refractivity contribution in [3.05, 3.63) is 80.7 Å². The summed E-state index contributed by atoms with van der Waals surface area (Å²) in [4.78, 5) is 28.7. The number of nitrogens with zero attached hydrogens (tertiary/aromatic N) is 6. The number of aryl methyl sites for hydroxylation is 2. The zero-order chi connectivity index (χ0) is 25.8. The number of halogens is 3. The van der Waals surface area contributed by atoms with E-state index in [2.05, 4.69) is 15.2 Å². The maximum atomic E-state index is 13.9. The van der Waals surface area contributed by atoms with Crippen LogP contribution in [0.4, 0.5) is 13.2 Å². The Kier molecular flexibility index (Phi) is 5.66. The molecule has 0 amide bonds. The van der Waals surface area contributed by atoms with Gasteiger partial charge in [-0.15, -0.1) is 0 Å². The molecule has 35 heavy (non-hydrogen) atoms. The largest absolute Gasteiger partial charge is 0.423 e. The summed E-state index contributed by atoms with van der Waals surface area (Å²) in [7, 11) is -0.195. The third-order valence-electron chi connectivity index (χ3n) is 5.71. The van der Waals surface area contributed by atoms with Crippen molar-refractivity contribution in [2.24, 2.45) is 31.4 Å². The van der Waals surface area contributed by atoms with E-state index >= 15 is 0 Å². The Morgan fingerprint density at radius 2 is 1.63 bits per heavy atom. The lowest BCUT2D eigenvalue weighted by Crippen LogP contribution is -2.38. The van der Waals surface area contributed by atoms with E-state index in [1.165, 1.54) is 45.4 Å². The molecule has 0 spiro atoms. The molecule has 0 saturated carbocycles. The van der Waals surface area contributed by atoms with E-state index in [0.717, 1.165) is 38.1 Å². The van der Waals surface area contributed by atoms with Gasteiger partial charge in [0.05, 0.1) is 5.75 Å². The van der Waals surface area contributed by atoms with Gasteiger partial charge in [0.2, 0.25) is 20.5 Å². The summed E-state index contributed by atoms with van der Waals surface area (Å²) in [6.07, 6.45) is -0.282. The van der Waals surface area contributed by atoms with Crippen molar-refractivity contribution in [2.75, 3.05) is 0 Å². The van der Waals surface area contributed by atoms with E-state index in [4.69, 9.17) is 0 Å². The Balaban J connectivity index is 1.74. The number of aromatic nitrogens is 4. The lowest BCUT2D eigenvalue weighted by Gasteiger charge is -2.28. The van der Waals surface area contributed by atoms with Crippen LogP contribution in [0.15, 0.2) is 73.7 Å². The van der Waals surface area contributed by atoms with Gasteiger partial charge in [0.1, 0.15) is 0 Å². The van der Waals surface area contributed by atoms with Gasteiger partial charge < -0.3 is 4.57 Å². The van der Waals surface area contributed by atoms with Crippen molar-refractivity contribution in [1.82, 2.24) is 18.7 Å². The predicted octanol–water partition coefficient (Wildman–Crippen LogP) is 2.24. The van der Waals surface area contributed by atoms with Crippen LogP contribution in [0.5, 0.6) is 0 Å². The lowest BCUT2D eigenvalue weighted by atomic mass is 9.89. The molecule has 3 aromatic rings. The molecule has 1 unspecified atom stereocenters. The van der Waals surface area contributed by atoms with E-state index in [0.29, 0.717) is 0 Å². The van der Waals surface area contributed by atoms with Crippen LogP contribution in [0.1, 0.15) is 11.1 Å². The Morgan fingerprint density at radius 1 is 0.971 bits per heavy atom. The molecule has 1 atom stereocenters. The molecular weight excluding hydrogens is 489 g/mol. The second-order valence-corrected chi connectivity index (χ2v) is 9.85. The van der Waals surface area contributed by atoms with Crippen LogP contribution < -0.4 is 11.2 Å². The van der Waals surface area contributed by atoms with E-state index in [1.54, 1.807) is 0 Å². The highest BCUT2D eigenvalue weighted by atomic mass is 32.2. The summed E-state index contributed by atoms with van der Waals surface area (Å²) < 4.78 is 71.0. The Labute approximate surface area is 196 Å². The van der Waals surface area contributed by atoms with Gasteiger partial charge in [-0.05, 0) is 23.3 Å². The molecule has 14 heteroatoms. The Bertz CT molecular complexity index is 1630. The van der Waals surface area contributed by atoms with Crippen molar-refractivity contribution in [3.8, 4) is 0 Å². The maximum absolute atomic E-state index is 13.9. The van der Waals surface area contributed by atoms with Crippen molar-refractivity contribution in [2.45, 2.75) is 22.6 Å². The van der Waals surface area contributed by atoms with Crippen LogP contribution >= 0.6 is 0 Å². The first-order valence-corrected chi connectivity index (χ1v) is 11.7. The third-order valence-corrected chi connectivity index (χ3v) is 7.35. The van der Waals surface area contributed by atoms with Crippen molar-refractivity contribution >= 4 is 21.0 Å². The molecule has 184 valence electrons. The number of imidazole rings is 1. The van der Waals surface area contributed by atoms with Crippen LogP contribution in [0, 0.1) is 0 Å². The molecular formula is C21H19F3N6O4S. The summed E-state index contributed by atoms with van der Waals surface area (Å²) in [5.74, 6) is -0.601. The van der Waals surface area contributed by atoms with Crippen molar-refractivity contribution < 1.29 is 21.6 Å². The molecule has 1 aliphatic heterocycles. The number of allylic oxidation sites excluding steroid dienone is 2. The van der Waals surface area contributed by atoms with Gasteiger partial charge in [-0.1, -0.05) is 30.3 Å².